The number of rotatable bonds is 6. The van der Waals surface area contributed by atoms with Crippen LogP contribution in [0.15, 0.2) is 41.6 Å². The summed E-state index contributed by atoms with van der Waals surface area (Å²) in [5, 5.41) is 12.9. The highest BCUT2D eigenvalue weighted by molar-refractivity contribution is 7.89. The smallest absolute Gasteiger partial charge is 0.247 e. The summed E-state index contributed by atoms with van der Waals surface area (Å²) in [6.07, 6.45) is 2.88. The molecule has 33 heavy (non-hydrogen) atoms. The summed E-state index contributed by atoms with van der Waals surface area (Å²) in [6, 6.07) is 4.76. The van der Waals surface area contributed by atoms with Crippen LogP contribution in [0, 0.1) is 17.6 Å². The van der Waals surface area contributed by atoms with Crippen LogP contribution in [-0.4, -0.2) is 46.4 Å². The first-order chi connectivity index (χ1) is 15.6. The number of aromatic nitrogens is 2. The third kappa shape index (κ3) is 4.30. The quantitative estimate of drug-likeness (QED) is 0.527. The number of amides is 1. The van der Waals surface area contributed by atoms with Gasteiger partial charge >= 0.3 is 0 Å². The molecule has 176 valence electrons. The molecule has 2 aromatic carbocycles. The minimum absolute atomic E-state index is 0.0378. The summed E-state index contributed by atoms with van der Waals surface area (Å²) >= 11 is 0. The molecule has 0 spiro atoms. The van der Waals surface area contributed by atoms with E-state index in [2.05, 4.69) is 10.3 Å². The third-order valence-electron chi connectivity index (χ3n) is 5.75. The van der Waals surface area contributed by atoms with Crippen molar-refractivity contribution in [1.29, 1.82) is 0 Å². The van der Waals surface area contributed by atoms with E-state index >= 15 is 0 Å². The van der Waals surface area contributed by atoms with Crippen LogP contribution in [0.2, 0.25) is 0 Å². The fraction of sp³-hybridized carbons (Fsp3) is 0.364. The average molecular weight is 479 g/mol. The number of hydrogen-bond acceptors (Lipinski definition) is 5. The number of aromatic hydroxyl groups is 1. The molecule has 1 unspecified atom stereocenters. The van der Waals surface area contributed by atoms with Crippen molar-refractivity contribution in [3.05, 3.63) is 48.3 Å². The Morgan fingerprint density at radius 3 is 2.45 bits per heavy atom. The van der Waals surface area contributed by atoms with Gasteiger partial charge in [0, 0.05) is 25.2 Å². The van der Waals surface area contributed by atoms with Crippen molar-refractivity contribution in [2.75, 3.05) is 18.4 Å². The first kappa shape index (κ1) is 23.1. The number of carbonyl (C=O) groups excluding carboxylic acids is 1. The third-order valence-corrected chi connectivity index (χ3v) is 7.64. The predicted molar refractivity (Wildman–Crippen MR) is 118 cm³/mol. The molecule has 2 heterocycles. The molecule has 11 heteroatoms. The number of phenols is 1. The van der Waals surface area contributed by atoms with Crippen molar-refractivity contribution < 1.29 is 27.1 Å². The van der Waals surface area contributed by atoms with E-state index in [0.29, 0.717) is 13.1 Å². The summed E-state index contributed by atoms with van der Waals surface area (Å²) in [5.41, 5.74) is 0.360. The van der Waals surface area contributed by atoms with Gasteiger partial charge in [-0.15, -0.1) is 0 Å². The van der Waals surface area contributed by atoms with E-state index in [1.807, 2.05) is 0 Å². The molecule has 1 atom stereocenters. The Morgan fingerprint density at radius 1 is 1.12 bits per heavy atom. The molecule has 0 radical (unpaired) electrons. The highest BCUT2D eigenvalue weighted by atomic mass is 32.2. The minimum Gasteiger partial charge on any atom is -0.506 e. The lowest BCUT2D eigenvalue weighted by atomic mass is 10.0. The number of benzene rings is 2. The summed E-state index contributed by atoms with van der Waals surface area (Å²) in [5.74, 6) is -3.27. The molecular weight excluding hydrogens is 454 g/mol. The molecule has 0 aliphatic carbocycles. The number of phenolic OH excluding ortho intramolecular Hbond substituents is 1. The second kappa shape index (κ2) is 8.71. The molecule has 4 rings (SSSR count). The number of hydrogen-bond donors (Lipinski definition) is 2. The van der Waals surface area contributed by atoms with Gasteiger partial charge in [-0.25, -0.2) is 22.2 Å². The van der Waals surface area contributed by atoms with Gasteiger partial charge in [0.1, 0.15) is 11.8 Å². The molecule has 1 amide bonds. The van der Waals surface area contributed by atoms with E-state index in [9.17, 15) is 27.1 Å². The lowest BCUT2D eigenvalue weighted by molar-refractivity contribution is -0.120. The van der Waals surface area contributed by atoms with E-state index in [1.165, 1.54) is 33.4 Å². The number of anilines is 1. The molecular formula is C22H24F2N4O4S. The Morgan fingerprint density at radius 2 is 1.79 bits per heavy atom. The van der Waals surface area contributed by atoms with E-state index in [1.54, 1.807) is 13.8 Å². The number of fused-ring (bicyclic) bond motifs is 1. The van der Waals surface area contributed by atoms with Crippen LogP contribution in [0.4, 0.5) is 14.5 Å². The normalized spacial score (nSPS) is 15.9. The zero-order chi connectivity index (χ0) is 23.9. The first-order valence-corrected chi connectivity index (χ1v) is 12.0. The summed E-state index contributed by atoms with van der Waals surface area (Å²) in [7, 11) is -3.75. The van der Waals surface area contributed by atoms with Crippen LogP contribution in [0.25, 0.3) is 11.0 Å². The van der Waals surface area contributed by atoms with Gasteiger partial charge in [0.15, 0.2) is 11.6 Å². The molecule has 1 fully saturated rings. The van der Waals surface area contributed by atoms with Crippen molar-refractivity contribution in [2.45, 2.75) is 37.6 Å². The molecule has 8 nitrogen and oxygen atoms in total. The molecule has 2 N–H and O–H groups in total. The van der Waals surface area contributed by atoms with Crippen molar-refractivity contribution in [2.24, 2.45) is 5.92 Å². The second-order valence-corrected chi connectivity index (χ2v) is 10.3. The molecule has 1 aromatic heterocycles. The predicted octanol–water partition coefficient (Wildman–Crippen LogP) is 3.64. The fourth-order valence-electron chi connectivity index (χ4n) is 4.05. The zero-order valence-corrected chi connectivity index (χ0v) is 18.9. The summed E-state index contributed by atoms with van der Waals surface area (Å²) < 4.78 is 56.0. The van der Waals surface area contributed by atoms with Gasteiger partial charge in [0.2, 0.25) is 15.9 Å². The molecule has 1 aliphatic heterocycles. The van der Waals surface area contributed by atoms with Crippen molar-refractivity contribution in [1.82, 2.24) is 13.9 Å². The maximum absolute atomic E-state index is 13.8. The lowest BCUT2D eigenvalue weighted by Gasteiger charge is -2.23. The largest absolute Gasteiger partial charge is 0.506 e. The van der Waals surface area contributed by atoms with Crippen LogP contribution < -0.4 is 5.32 Å². The van der Waals surface area contributed by atoms with Gasteiger partial charge in [0.25, 0.3) is 0 Å². The highest BCUT2D eigenvalue weighted by Crippen LogP contribution is 2.32. The van der Waals surface area contributed by atoms with E-state index in [-0.39, 0.29) is 33.3 Å². The molecule has 0 saturated carbocycles. The molecule has 0 bridgehead atoms. The van der Waals surface area contributed by atoms with Crippen LogP contribution >= 0.6 is 0 Å². The zero-order valence-electron chi connectivity index (χ0n) is 18.1. The number of nitrogens with one attached hydrogen (secondary N) is 1. The fourth-order valence-corrected chi connectivity index (χ4v) is 5.60. The van der Waals surface area contributed by atoms with Gasteiger partial charge < -0.3 is 15.0 Å². The maximum atomic E-state index is 13.8. The van der Waals surface area contributed by atoms with Gasteiger partial charge in [-0.3, -0.25) is 4.79 Å². The first-order valence-electron chi connectivity index (χ1n) is 10.5. The van der Waals surface area contributed by atoms with Crippen LogP contribution in [0.5, 0.6) is 5.75 Å². The van der Waals surface area contributed by atoms with Crippen molar-refractivity contribution in [3.8, 4) is 5.75 Å². The summed E-state index contributed by atoms with van der Waals surface area (Å²) in [4.78, 5) is 17.2. The monoisotopic (exact) mass is 478 g/mol. The van der Waals surface area contributed by atoms with Gasteiger partial charge in [-0.2, -0.15) is 4.31 Å². The number of nitrogens with zero attached hydrogens (tertiary/aromatic N) is 3. The van der Waals surface area contributed by atoms with Gasteiger partial charge in [-0.1, -0.05) is 13.8 Å². The van der Waals surface area contributed by atoms with Crippen LogP contribution in [-0.2, 0) is 14.8 Å². The molecule has 1 saturated heterocycles. The lowest BCUT2D eigenvalue weighted by Crippen LogP contribution is -2.30. The van der Waals surface area contributed by atoms with Crippen molar-refractivity contribution >= 4 is 32.7 Å². The Labute approximate surface area is 189 Å². The van der Waals surface area contributed by atoms with E-state index in [0.717, 1.165) is 25.0 Å². The van der Waals surface area contributed by atoms with E-state index in [4.69, 9.17) is 0 Å². The number of halogens is 2. The van der Waals surface area contributed by atoms with E-state index < -0.39 is 33.6 Å². The Hall–Kier alpha value is -3.05. The number of carbonyl (C=O) groups is 1. The maximum Gasteiger partial charge on any atom is 0.247 e. The Bertz CT molecular complexity index is 1320. The summed E-state index contributed by atoms with van der Waals surface area (Å²) in [6.45, 7) is 4.38. The van der Waals surface area contributed by atoms with Crippen LogP contribution in [0.1, 0.15) is 32.7 Å². The minimum atomic E-state index is -3.75. The van der Waals surface area contributed by atoms with Crippen molar-refractivity contribution in [3.63, 3.8) is 0 Å². The topological polar surface area (TPSA) is 105 Å². The second-order valence-electron chi connectivity index (χ2n) is 8.38. The Kier molecular flexibility index (Phi) is 6.10. The van der Waals surface area contributed by atoms with Gasteiger partial charge in [-0.05, 0) is 37.0 Å². The average Bonchev–Trinajstić information content (AvgIpc) is 3.41. The van der Waals surface area contributed by atoms with Crippen LogP contribution in [0.3, 0.4) is 0 Å². The SMILES string of the molecule is CC(C)C(C(=O)Nc1cc(S(=O)(=O)N2CCCC2)ccc1O)n1cnc2cc(F)c(F)cc21. The molecule has 1 aliphatic rings. The number of sulfonamides is 1. The molecule has 3 aromatic rings. The number of imidazole rings is 1. The highest BCUT2D eigenvalue weighted by Gasteiger charge is 2.30. The Balaban J connectivity index is 1.67. The van der Waals surface area contributed by atoms with Gasteiger partial charge in [0.05, 0.1) is 27.9 Å². The standard InChI is InChI=1S/C22H24F2N4O4S/c1-13(2)21(28-12-25-17-10-15(23)16(24)11-19(17)28)22(30)26-18-9-14(5-6-20(18)29)33(31,32)27-7-3-4-8-27/h5-6,9-13,21,29H,3-4,7-8H2,1-2H3,(H,26,30).